The highest BCUT2D eigenvalue weighted by Gasteiger charge is 2.29. The van der Waals surface area contributed by atoms with E-state index in [9.17, 15) is 23.3 Å². The summed E-state index contributed by atoms with van der Waals surface area (Å²) in [4.78, 5) is 24.5. The molecule has 3 aromatic carbocycles. The number of nitrogens with zero attached hydrogens (tertiary/aromatic N) is 2. The largest absolute Gasteiger partial charge is 0.379 e. The molecule has 4 rings (SSSR count). The molecule has 1 aliphatic carbocycles. The van der Waals surface area contributed by atoms with E-state index in [1.54, 1.807) is 11.9 Å². The number of amides is 1. The van der Waals surface area contributed by atoms with Gasteiger partial charge in [-0.1, -0.05) is 30.3 Å². The van der Waals surface area contributed by atoms with Crippen LogP contribution in [0.25, 0.3) is 0 Å². The molecule has 0 bridgehead atoms. The molecule has 0 radical (unpaired) electrons. The maximum Gasteiger partial charge on any atom is 0.339 e. The van der Waals surface area contributed by atoms with Crippen molar-refractivity contribution in [1.29, 1.82) is 0 Å². The number of benzene rings is 3. The van der Waals surface area contributed by atoms with Crippen molar-refractivity contribution in [3.63, 3.8) is 0 Å². The Kier molecular flexibility index (Phi) is 5.67. The predicted octanol–water partition coefficient (Wildman–Crippen LogP) is 4.12. The lowest BCUT2D eigenvalue weighted by Crippen LogP contribution is -2.30. The van der Waals surface area contributed by atoms with Gasteiger partial charge in [0.05, 0.1) is 11.0 Å². The molecular weight excluding hydrogens is 432 g/mol. The second-order valence-electron chi connectivity index (χ2n) is 7.49. The summed E-state index contributed by atoms with van der Waals surface area (Å²) < 4.78 is 30.0. The Morgan fingerprint density at radius 1 is 1.06 bits per heavy atom. The van der Waals surface area contributed by atoms with Gasteiger partial charge in [-0.05, 0) is 54.3 Å². The van der Waals surface area contributed by atoms with Gasteiger partial charge in [0.25, 0.3) is 11.6 Å². The van der Waals surface area contributed by atoms with Crippen molar-refractivity contribution < 1.29 is 22.3 Å². The van der Waals surface area contributed by atoms with Gasteiger partial charge >= 0.3 is 10.1 Å². The number of hydrogen-bond acceptors (Lipinski definition) is 6. The zero-order valence-electron chi connectivity index (χ0n) is 17.2. The zero-order chi connectivity index (χ0) is 22.9. The van der Waals surface area contributed by atoms with E-state index in [2.05, 4.69) is 6.07 Å². The molecule has 0 saturated carbocycles. The molecule has 164 valence electrons. The summed E-state index contributed by atoms with van der Waals surface area (Å²) >= 11 is 0. The van der Waals surface area contributed by atoms with Gasteiger partial charge in [0.15, 0.2) is 0 Å². The highest BCUT2D eigenvalue weighted by Crippen LogP contribution is 2.35. The quantitative estimate of drug-likeness (QED) is 0.316. The number of fused-ring (bicyclic) bond motifs is 1. The van der Waals surface area contributed by atoms with E-state index < -0.39 is 15.0 Å². The second-order valence-corrected chi connectivity index (χ2v) is 9.03. The van der Waals surface area contributed by atoms with E-state index >= 15 is 0 Å². The fraction of sp³-hybridized carbons (Fsp3) is 0.174. The molecule has 1 atom stereocenters. The molecule has 0 spiro atoms. The van der Waals surface area contributed by atoms with Crippen LogP contribution in [0.15, 0.2) is 77.7 Å². The molecular formula is C23H20N2O6S. The van der Waals surface area contributed by atoms with E-state index in [0.717, 1.165) is 24.5 Å². The minimum Gasteiger partial charge on any atom is -0.379 e. The summed E-state index contributed by atoms with van der Waals surface area (Å²) in [6.45, 7) is 0. The number of carbonyl (C=O) groups is 1. The fourth-order valence-corrected chi connectivity index (χ4v) is 4.83. The van der Waals surface area contributed by atoms with Crippen LogP contribution in [0.2, 0.25) is 0 Å². The maximum absolute atomic E-state index is 13.0. The Morgan fingerprint density at radius 3 is 2.50 bits per heavy atom. The molecule has 3 aromatic rings. The molecule has 8 nitrogen and oxygen atoms in total. The van der Waals surface area contributed by atoms with Crippen LogP contribution in [-0.4, -0.2) is 31.2 Å². The molecule has 9 heteroatoms. The molecule has 32 heavy (non-hydrogen) atoms. The van der Waals surface area contributed by atoms with E-state index in [-0.39, 0.29) is 28.3 Å². The average molecular weight is 452 g/mol. The highest BCUT2D eigenvalue weighted by molar-refractivity contribution is 7.87. The van der Waals surface area contributed by atoms with Crippen molar-refractivity contribution in [2.75, 3.05) is 7.05 Å². The number of hydrogen-bond donors (Lipinski definition) is 0. The van der Waals surface area contributed by atoms with E-state index in [4.69, 9.17) is 4.18 Å². The number of nitro groups is 1. The lowest BCUT2D eigenvalue weighted by Gasteiger charge is -2.25. The minimum atomic E-state index is -4.27. The normalized spacial score (nSPS) is 15.1. The first-order chi connectivity index (χ1) is 15.3. The predicted molar refractivity (Wildman–Crippen MR) is 117 cm³/mol. The van der Waals surface area contributed by atoms with E-state index in [1.807, 2.05) is 18.2 Å². The lowest BCUT2D eigenvalue weighted by atomic mass is 10.1. The SMILES string of the molecule is CN(C(=O)c1ccc(OS(=O)(=O)c2cccc([N+](=O)[O-])c2)cc1)C1CCc2ccccc21. The van der Waals surface area contributed by atoms with Crippen molar-refractivity contribution in [1.82, 2.24) is 4.90 Å². The Morgan fingerprint density at radius 2 is 1.78 bits per heavy atom. The summed E-state index contributed by atoms with van der Waals surface area (Å²) in [5, 5.41) is 10.9. The van der Waals surface area contributed by atoms with Crippen LogP contribution in [0.3, 0.4) is 0 Å². The molecule has 1 amide bonds. The number of non-ortho nitro benzene ring substituents is 1. The van der Waals surface area contributed by atoms with Crippen LogP contribution in [0.4, 0.5) is 5.69 Å². The summed E-state index contributed by atoms with van der Waals surface area (Å²) in [5.41, 5.74) is 2.43. The zero-order valence-corrected chi connectivity index (χ0v) is 18.0. The molecule has 0 N–H and O–H groups in total. The topological polar surface area (TPSA) is 107 Å². The molecule has 0 fully saturated rings. The van der Waals surface area contributed by atoms with Crippen LogP contribution < -0.4 is 4.18 Å². The number of carbonyl (C=O) groups excluding carboxylic acids is 1. The van der Waals surface area contributed by atoms with Gasteiger partial charge in [-0.25, -0.2) is 0 Å². The first-order valence-corrected chi connectivity index (χ1v) is 11.3. The molecule has 0 aromatic heterocycles. The Labute approximate surface area is 185 Å². The van der Waals surface area contributed by atoms with Gasteiger partial charge in [0.1, 0.15) is 10.6 Å². The standard InChI is InChI=1S/C23H20N2O6S/c1-24(22-14-11-16-5-2-3-8-21(16)22)23(26)17-9-12-19(13-10-17)31-32(29,30)20-7-4-6-18(15-20)25(27)28/h2-10,12-13,15,22H,11,14H2,1H3. The summed E-state index contributed by atoms with van der Waals surface area (Å²) in [6.07, 6.45) is 1.77. The van der Waals surface area contributed by atoms with Crippen LogP contribution in [0.1, 0.15) is 33.9 Å². The van der Waals surface area contributed by atoms with Crippen molar-refractivity contribution in [3.8, 4) is 5.75 Å². The third-order valence-electron chi connectivity index (χ3n) is 5.51. The van der Waals surface area contributed by atoms with Crippen molar-refractivity contribution >= 4 is 21.7 Å². The van der Waals surface area contributed by atoms with Crippen LogP contribution in [0, 0.1) is 10.1 Å². The number of rotatable bonds is 6. The Balaban J connectivity index is 1.49. The monoisotopic (exact) mass is 452 g/mol. The maximum atomic E-state index is 13.0. The van der Waals surface area contributed by atoms with Gasteiger partial charge in [-0.15, -0.1) is 0 Å². The lowest BCUT2D eigenvalue weighted by molar-refractivity contribution is -0.385. The third kappa shape index (κ3) is 4.19. The van der Waals surface area contributed by atoms with Crippen LogP contribution in [0.5, 0.6) is 5.75 Å². The third-order valence-corrected chi connectivity index (χ3v) is 6.76. The van der Waals surface area contributed by atoms with Gasteiger partial charge in [0, 0.05) is 24.7 Å². The van der Waals surface area contributed by atoms with E-state index in [0.29, 0.717) is 5.56 Å². The average Bonchev–Trinajstić information content (AvgIpc) is 3.22. The fourth-order valence-electron chi connectivity index (χ4n) is 3.86. The first-order valence-electron chi connectivity index (χ1n) is 9.90. The van der Waals surface area contributed by atoms with Crippen molar-refractivity contribution in [2.45, 2.75) is 23.8 Å². The molecule has 0 saturated heterocycles. The summed E-state index contributed by atoms with van der Waals surface area (Å²) in [6, 6.07) is 18.4. The molecule has 1 aliphatic rings. The van der Waals surface area contributed by atoms with Crippen molar-refractivity contribution in [3.05, 3.63) is 99.6 Å². The number of aryl methyl sites for hydroxylation is 1. The van der Waals surface area contributed by atoms with Gasteiger partial charge in [0.2, 0.25) is 0 Å². The van der Waals surface area contributed by atoms with Crippen LogP contribution in [-0.2, 0) is 16.5 Å². The smallest absolute Gasteiger partial charge is 0.339 e. The minimum absolute atomic E-state index is 0.00178. The molecule has 0 heterocycles. The van der Waals surface area contributed by atoms with Gasteiger partial charge in [-0.3, -0.25) is 14.9 Å². The Bertz CT molecular complexity index is 1290. The van der Waals surface area contributed by atoms with Crippen LogP contribution >= 0.6 is 0 Å². The number of nitro benzene ring substituents is 1. The van der Waals surface area contributed by atoms with Gasteiger partial charge in [-0.2, -0.15) is 8.42 Å². The first kappa shape index (κ1) is 21.5. The summed E-state index contributed by atoms with van der Waals surface area (Å²) in [7, 11) is -2.51. The summed E-state index contributed by atoms with van der Waals surface area (Å²) in [5.74, 6) is -0.179. The van der Waals surface area contributed by atoms with E-state index in [1.165, 1.54) is 48.0 Å². The molecule has 0 aliphatic heterocycles. The molecule has 1 unspecified atom stereocenters. The Hall–Kier alpha value is -3.72. The van der Waals surface area contributed by atoms with Crippen molar-refractivity contribution in [2.24, 2.45) is 0 Å². The second kappa shape index (κ2) is 8.43. The highest BCUT2D eigenvalue weighted by atomic mass is 32.2. The van der Waals surface area contributed by atoms with Gasteiger partial charge < -0.3 is 9.08 Å².